The minimum absolute atomic E-state index is 0.0370. The molecule has 0 aromatic carbocycles. The van der Waals surface area contributed by atoms with Crippen molar-refractivity contribution in [3.05, 3.63) is 0 Å². The first-order valence-corrected chi connectivity index (χ1v) is 7.15. The van der Waals surface area contributed by atoms with Crippen molar-refractivity contribution in [1.29, 1.82) is 0 Å². The molecule has 0 bridgehead atoms. The van der Waals surface area contributed by atoms with E-state index in [1.54, 1.807) is 0 Å². The molecule has 6 heteroatoms. The molecule has 1 aliphatic carbocycles. The molecule has 1 heterocycles. The predicted molar refractivity (Wildman–Crippen MR) is 72.2 cm³/mol. The van der Waals surface area contributed by atoms with Crippen molar-refractivity contribution in [3.63, 3.8) is 0 Å². The van der Waals surface area contributed by atoms with Crippen LogP contribution in [0.25, 0.3) is 0 Å². The molecule has 102 valence electrons. The summed E-state index contributed by atoms with van der Waals surface area (Å²) in [5.41, 5.74) is 5.92. The van der Waals surface area contributed by atoms with Gasteiger partial charge in [-0.1, -0.05) is 39.5 Å². The Morgan fingerprint density at radius 3 is 2.39 bits per heavy atom. The third-order valence-electron chi connectivity index (χ3n) is 4.37. The van der Waals surface area contributed by atoms with Crippen molar-refractivity contribution in [3.8, 4) is 0 Å². The summed E-state index contributed by atoms with van der Waals surface area (Å²) in [6, 6.07) is -0.316. The average Bonchev–Trinajstić information content (AvgIpc) is 2.71. The number of hydrogen-bond donors (Lipinski definition) is 3. The van der Waals surface area contributed by atoms with Gasteiger partial charge in [-0.3, -0.25) is 9.59 Å². The molecule has 2 amide bonds. The fourth-order valence-corrected chi connectivity index (χ4v) is 4.10. The number of rotatable bonds is 2. The van der Waals surface area contributed by atoms with Crippen molar-refractivity contribution in [2.45, 2.75) is 45.8 Å². The van der Waals surface area contributed by atoms with Gasteiger partial charge in [0.15, 0.2) is 0 Å². The minimum atomic E-state index is -0.411. The first kappa shape index (κ1) is 13.7. The lowest BCUT2D eigenvalue weighted by atomic mass is 9.48. The summed E-state index contributed by atoms with van der Waals surface area (Å²) >= 11 is 1.15. The van der Waals surface area contributed by atoms with Crippen LogP contribution in [0.2, 0.25) is 0 Å². The molecule has 1 saturated heterocycles. The van der Waals surface area contributed by atoms with Gasteiger partial charge < -0.3 is 16.4 Å². The molecule has 5 nitrogen and oxygen atoms in total. The lowest BCUT2D eigenvalue weighted by Gasteiger charge is -2.63. The van der Waals surface area contributed by atoms with Gasteiger partial charge in [0.25, 0.3) is 5.24 Å². The second-order valence-corrected chi connectivity index (χ2v) is 7.35. The highest BCUT2D eigenvalue weighted by atomic mass is 32.2. The largest absolute Gasteiger partial charge is 0.350 e. The third-order valence-corrected chi connectivity index (χ3v) is 5.25. The highest BCUT2D eigenvalue weighted by molar-refractivity contribution is 8.14. The van der Waals surface area contributed by atoms with Gasteiger partial charge in [-0.05, 0) is 0 Å². The number of thioether (sulfide) groups is 1. The van der Waals surface area contributed by atoms with Crippen LogP contribution in [0.5, 0.6) is 0 Å². The van der Waals surface area contributed by atoms with Crippen LogP contribution in [0, 0.1) is 10.8 Å². The maximum absolute atomic E-state index is 12.1. The van der Waals surface area contributed by atoms with E-state index >= 15 is 0 Å². The summed E-state index contributed by atoms with van der Waals surface area (Å²) in [4.78, 5) is 23.2. The number of nitrogens with one attached hydrogen (secondary N) is 2. The van der Waals surface area contributed by atoms with Gasteiger partial charge in [0, 0.05) is 28.7 Å². The Morgan fingerprint density at radius 2 is 1.94 bits per heavy atom. The highest BCUT2D eigenvalue weighted by Gasteiger charge is 2.60. The molecule has 2 rings (SSSR count). The Kier molecular flexibility index (Phi) is 3.14. The molecule has 1 unspecified atom stereocenters. The Morgan fingerprint density at radius 1 is 1.39 bits per heavy atom. The fourth-order valence-electron chi connectivity index (χ4n) is 3.32. The number of nitrogens with two attached hydrogens (primary N) is 1. The van der Waals surface area contributed by atoms with Gasteiger partial charge in [0.1, 0.15) is 6.04 Å². The summed E-state index contributed by atoms with van der Waals surface area (Å²) < 4.78 is 0. The molecule has 1 atom stereocenters. The van der Waals surface area contributed by atoms with Gasteiger partial charge in [0.2, 0.25) is 5.91 Å². The van der Waals surface area contributed by atoms with Crippen molar-refractivity contribution < 1.29 is 9.59 Å². The average molecular weight is 271 g/mol. The van der Waals surface area contributed by atoms with Gasteiger partial charge >= 0.3 is 0 Å². The monoisotopic (exact) mass is 271 g/mol. The van der Waals surface area contributed by atoms with E-state index in [4.69, 9.17) is 5.73 Å². The molecule has 0 aromatic rings. The Hall–Kier alpha value is -0.750. The van der Waals surface area contributed by atoms with Gasteiger partial charge in [-0.15, -0.1) is 0 Å². The van der Waals surface area contributed by atoms with Crippen LogP contribution in [0.15, 0.2) is 0 Å². The zero-order chi connectivity index (χ0) is 13.7. The Bertz CT molecular complexity index is 379. The molecule has 4 N–H and O–H groups in total. The molecule has 0 radical (unpaired) electrons. The van der Waals surface area contributed by atoms with Crippen molar-refractivity contribution in [1.82, 2.24) is 10.6 Å². The van der Waals surface area contributed by atoms with E-state index in [0.717, 1.165) is 11.8 Å². The van der Waals surface area contributed by atoms with Crippen LogP contribution >= 0.6 is 11.8 Å². The molecule has 0 aromatic heterocycles. The molecule has 2 aliphatic rings. The fraction of sp³-hybridized carbons (Fsp3) is 0.833. The van der Waals surface area contributed by atoms with Crippen molar-refractivity contribution in [2.75, 3.05) is 5.75 Å². The topological polar surface area (TPSA) is 84.2 Å². The molecular formula is C12H21N3O2S. The predicted octanol–water partition coefficient (Wildman–Crippen LogP) is 0.690. The summed E-state index contributed by atoms with van der Waals surface area (Å²) in [6.07, 6.45) is 0. The molecular weight excluding hydrogens is 250 g/mol. The van der Waals surface area contributed by atoms with Gasteiger partial charge in [-0.2, -0.15) is 0 Å². The second kappa shape index (κ2) is 4.13. The van der Waals surface area contributed by atoms with Crippen molar-refractivity contribution in [2.24, 2.45) is 16.6 Å². The maximum atomic E-state index is 12.1. The Balaban J connectivity index is 2.01. The Labute approximate surface area is 112 Å². The molecule has 1 aliphatic heterocycles. The lowest BCUT2D eigenvalue weighted by Crippen LogP contribution is -2.76. The third kappa shape index (κ3) is 1.91. The van der Waals surface area contributed by atoms with E-state index in [0.29, 0.717) is 5.75 Å². The number of carbonyl (C=O) groups is 2. The smallest absolute Gasteiger partial charge is 0.279 e. The van der Waals surface area contributed by atoms with Crippen LogP contribution < -0.4 is 16.4 Å². The normalized spacial score (nSPS) is 36.7. The minimum Gasteiger partial charge on any atom is -0.350 e. The van der Waals surface area contributed by atoms with Crippen LogP contribution in [0.3, 0.4) is 0 Å². The number of amides is 2. The second-order valence-electron chi connectivity index (χ2n) is 6.36. The maximum Gasteiger partial charge on any atom is 0.279 e. The first-order chi connectivity index (χ1) is 8.17. The lowest BCUT2D eigenvalue weighted by molar-refractivity contribution is -0.133. The van der Waals surface area contributed by atoms with Crippen molar-refractivity contribution >= 4 is 22.9 Å². The first-order valence-electron chi connectivity index (χ1n) is 6.16. The zero-order valence-electron chi connectivity index (χ0n) is 11.2. The zero-order valence-corrected chi connectivity index (χ0v) is 12.1. The summed E-state index contributed by atoms with van der Waals surface area (Å²) in [5.74, 6) is 0.399. The van der Waals surface area contributed by atoms with Crippen LogP contribution in [0.1, 0.15) is 27.7 Å². The van der Waals surface area contributed by atoms with Gasteiger partial charge in [0.05, 0.1) is 0 Å². The summed E-state index contributed by atoms with van der Waals surface area (Å²) in [6.45, 7) is 8.26. The van der Waals surface area contributed by atoms with E-state index < -0.39 is 6.04 Å². The number of carbonyl (C=O) groups excluding carboxylic acids is 2. The summed E-state index contributed by atoms with van der Waals surface area (Å²) in [7, 11) is 0. The number of hydrogen-bond acceptors (Lipinski definition) is 4. The van der Waals surface area contributed by atoms with E-state index in [2.05, 4.69) is 38.3 Å². The van der Waals surface area contributed by atoms with Crippen LogP contribution in [0.4, 0.5) is 4.79 Å². The van der Waals surface area contributed by atoms with E-state index in [1.807, 2.05) is 0 Å². The van der Waals surface area contributed by atoms with Gasteiger partial charge in [-0.25, -0.2) is 0 Å². The quantitative estimate of drug-likeness (QED) is 0.690. The SMILES string of the molecule is CC1(C)C(N)C(C)(C)C1NC(=O)C1CSC(=O)N1. The van der Waals surface area contributed by atoms with E-state index in [-0.39, 0.29) is 34.1 Å². The summed E-state index contributed by atoms with van der Waals surface area (Å²) in [5, 5.41) is 5.57. The van der Waals surface area contributed by atoms with Crippen LogP contribution in [-0.4, -0.2) is 35.0 Å². The standard InChI is InChI=1S/C12H21N3O2S/c1-11(2)8(13)12(3,4)9(11)15-7(16)6-5-18-10(17)14-6/h6,8-9H,5,13H2,1-4H3,(H,14,17)(H,15,16). The molecule has 0 spiro atoms. The molecule has 2 fully saturated rings. The van der Waals surface area contributed by atoms with Crippen LogP contribution in [-0.2, 0) is 4.79 Å². The highest BCUT2D eigenvalue weighted by Crippen LogP contribution is 2.52. The van der Waals surface area contributed by atoms with E-state index in [9.17, 15) is 9.59 Å². The molecule has 18 heavy (non-hydrogen) atoms. The van der Waals surface area contributed by atoms with E-state index in [1.165, 1.54) is 0 Å². The molecule has 1 saturated carbocycles.